The Morgan fingerprint density at radius 1 is 1.04 bits per heavy atom. The molecule has 2 aromatic carbocycles. The van der Waals surface area contributed by atoms with Crippen molar-refractivity contribution < 1.29 is 4.42 Å². The maximum Gasteiger partial charge on any atom is 0.133 e. The molecule has 0 spiro atoms. The number of furan rings is 1. The minimum atomic E-state index is 0.203. The summed E-state index contributed by atoms with van der Waals surface area (Å²) in [5, 5.41) is 8.18. The van der Waals surface area contributed by atoms with Gasteiger partial charge < -0.3 is 9.73 Å². The van der Waals surface area contributed by atoms with E-state index in [-0.39, 0.29) is 6.04 Å². The summed E-state index contributed by atoms with van der Waals surface area (Å²) < 4.78 is 7.49. The van der Waals surface area contributed by atoms with Crippen LogP contribution in [0.15, 0.2) is 83.6 Å². The van der Waals surface area contributed by atoms with Gasteiger partial charge >= 0.3 is 0 Å². The van der Waals surface area contributed by atoms with Crippen molar-refractivity contribution in [2.24, 2.45) is 0 Å². The minimum absolute atomic E-state index is 0.203. The van der Waals surface area contributed by atoms with Gasteiger partial charge in [-0.25, -0.2) is 4.68 Å². The van der Waals surface area contributed by atoms with Crippen LogP contribution < -0.4 is 5.32 Å². The Bertz CT molecular complexity index is 1000. The van der Waals surface area contributed by atoms with E-state index in [4.69, 9.17) is 4.42 Å². The van der Waals surface area contributed by atoms with Gasteiger partial charge in [-0.05, 0) is 49.7 Å². The Morgan fingerprint density at radius 2 is 1.89 bits per heavy atom. The van der Waals surface area contributed by atoms with Crippen LogP contribution in [0, 0.1) is 6.92 Å². The topological polar surface area (TPSA) is 43.0 Å². The second-order valence-electron chi connectivity index (χ2n) is 6.71. The summed E-state index contributed by atoms with van der Waals surface area (Å²) in [6.45, 7) is 5.08. The van der Waals surface area contributed by atoms with Crippen LogP contribution in [0.25, 0.3) is 17.0 Å². The van der Waals surface area contributed by atoms with Crippen molar-refractivity contribution in [3.05, 3.63) is 96.0 Å². The normalized spacial score (nSPS) is 12.2. The number of aromatic nitrogens is 2. The van der Waals surface area contributed by atoms with Crippen molar-refractivity contribution in [1.29, 1.82) is 0 Å². The molecule has 0 aliphatic heterocycles. The summed E-state index contributed by atoms with van der Waals surface area (Å²) in [5.74, 6) is 0.893. The zero-order valence-corrected chi connectivity index (χ0v) is 15.6. The molecule has 1 atom stereocenters. The molecule has 0 aliphatic carbocycles. The molecule has 136 valence electrons. The van der Waals surface area contributed by atoms with E-state index < -0.39 is 0 Å². The van der Waals surface area contributed by atoms with E-state index in [0.29, 0.717) is 0 Å². The van der Waals surface area contributed by atoms with Gasteiger partial charge in [0.05, 0.1) is 18.1 Å². The number of hydrogen-bond acceptors (Lipinski definition) is 3. The molecule has 4 heteroatoms. The summed E-state index contributed by atoms with van der Waals surface area (Å²) >= 11 is 0. The number of benzene rings is 2. The third-order valence-electron chi connectivity index (χ3n) is 4.86. The Labute approximate surface area is 159 Å². The number of nitrogens with one attached hydrogen (secondary N) is 1. The molecule has 0 radical (unpaired) electrons. The fraction of sp³-hybridized carbons (Fsp3) is 0.174. The van der Waals surface area contributed by atoms with Gasteiger partial charge in [0.2, 0.25) is 0 Å². The average Bonchev–Trinajstić information content (AvgIpc) is 3.37. The number of nitrogens with zero attached hydrogens (tertiary/aromatic N) is 2. The third kappa shape index (κ3) is 3.71. The van der Waals surface area contributed by atoms with Gasteiger partial charge in [-0.15, -0.1) is 0 Å². The highest BCUT2D eigenvalue weighted by molar-refractivity contribution is 5.58. The van der Waals surface area contributed by atoms with Crippen LogP contribution in [0.5, 0.6) is 0 Å². The average molecular weight is 357 g/mol. The van der Waals surface area contributed by atoms with E-state index in [2.05, 4.69) is 60.7 Å². The molecule has 0 unspecified atom stereocenters. The SMILES string of the molecule is Cc1c([C@H](C)NCc2cccc(-c3ccco3)c2)cnn1-c1ccccc1. The van der Waals surface area contributed by atoms with E-state index in [1.807, 2.05) is 41.2 Å². The van der Waals surface area contributed by atoms with E-state index >= 15 is 0 Å². The van der Waals surface area contributed by atoms with Crippen LogP contribution in [0.4, 0.5) is 0 Å². The van der Waals surface area contributed by atoms with Crippen LogP contribution in [-0.2, 0) is 6.54 Å². The van der Waals surface area contributed by atoms with Crippen LogP contribution >= 0.6 is 0 Å². The molecule has 0 fully saturated rings. The largest absolute Gasteiger partial charge is 0.464 e. The van der Waals surface area contributed by atoms with Gasteiger partial charge in [0.25, 0.3) is 0 Å². The van der Waals surface area contributed by atoms with E-state index in [9.17, 15) is 0 Å². The molecule has 0 bridgehead atoms. The first kappa shape index (κ1) is 17.3. The van der Waals surface area contributed by atoms with Crippen LogP contribution in [0.1, 0.15) is 29.8 Å². The third-order valence-corrected chi connectivity index (χ3v) is 4.86. The summed E-state index contributed by atoms with van der Waals surface area (Å²) in [6.07, 6.45) is 3.66. The quantitative estimate of drug-likeness (QED) is 0.510. The molecule has 0 saturated heterocycles. The first-order valence-electron chi connectivity index (χ1n) is 9.18. The van der Waals surface area contributed by atoms with Crippen molar-refractivity contribution in [3.8, 4) is 17.0 Å². The van der Waals surface area contributed by atoms with Gasteiger partial charge in [0.1, 0.15) is 5.76 Å². The van der Waals surface area contributed by atoms with Crippen molar-refractivity contribution in [2.45, 2.75) is 26.4 Å². The first-order valence-corrected chi connectivity index (χ1v) is 9.18. The van der Waals surface area contributed by atoms with Crippen molar-refractivity contribution >= 4 is 0 Å². The van der Waals surface area contributed by atoms with Gasteiger partial charge in [-0.2, -0.15) is 5.10 Å². The number of hydrogen-bond donors (Lipinski definition) is 1. The molecular formula is C23H23N3O. The lowest BCUT2D eigenvalue weighted by Gasteiger charge is -2.14. The lowest BCUT2D eigenvalue weighted by Crippen LogP contribution is -2.18. The maximum absolute atomic E-state index is 5.50. The van der Waals surface area contributed by atoms with Crippen LogP contribution in [0.2, 0.25) is 0 Å². The zero-order chi connectivity index (χ0) is 18.6. The molecule has 27 heavy (non-hydrogen) atoms. The molecule has 0 aliphatic rings. The summed E-state index contributed by atoms with van der Waals surface area (Å²) in [7, 11) is 0. The van der Waals surface area contributed by atoms with Gasteiger partial charge in [0, 0.05) is 29.4 Å². The Hall–Kier alpha value is -3.11. The van der Waals surface area contributed by atoms with E-state index in [0.717, 1.165) is 29.2 Å². The van der Waals surface area contributed by atoms with Crippen LogP contribution in [0.3, 0.4) is 0 Å². The molecule has 4 nitrogen and oxygen atoms in total. The molecule has 4 aromatic rings. The summed E-state index contributed by atoms with van der Waals surface area (Å²) in [6, 6.07) is 22.8. The maximum atomic E-state index is 5.50. The summed E-state index contributed by atoms with van der Waals surface area (Å²) in [5.41, 5.74) is 5.77. The molecule has 0 amide bonds. The van der Waals surface area contributed by atoms with Gasteiger partial charge in [0.15, 0.2) is 0 Å². The molecular weight excluding hydrogens is 334 g/mol. The highest BCUT2D eigenvalue weighted by atomic mass is 16.3. The fourth-order valence-electron chi connectivity index (χ4n) is 3.34. The minimum Gasteiger partial charge on any atom is -0.464 e. The fourth-order valence-corrected chi connectivity index (χ4v) is 3.34. The first-order chi connectivity index (χ1) is 13.2. The molecule has 2 heterocycles. The summed E-state index contributed by atoms with van der Waals surface area (Å²) in [4.78, 5) is 0. The predicted octanol–water partition coefficient (Wildman–Crippen LogP) is 5.29. The molecule has 1 N–H and O–H groups in total. The van der Waals surface area contributed by atoms with Crippen molar-refractivity contribution in [2.75, 3.05) is 0 Å². The van der Waals surface area contributed by atoms with Crippen molar-refractivity contribution in [1.82, 2.24) is 15.1 Å². The number of para-hydroxylation sites is 1. The van der Waals surface area contributed by atoms with E-state index in [1.54, 1.807) is 6.26 Å². The van der Waals surface area contributed by atoms with E-state index in [1.165, 1.54) is 11.1 Å². The monoisotopic (exact) mass is 357 g/mol. The smallest absolute Gasteiger partial charge is 0.133 e. The Morgan fingerprint density at radius 3 is 2.67 bits per heavy atom. The number of rotatable bonds is 6. The lowest BCUT2D eigenvalue weighted by atomic mass is 10.1. The lowest BCUT2D eigenvalue weighted by molar-refractivity contribution is 0.570. The zero-order valence-electron chi connectivity index (χ0n) is 15.6. The highest BCUT2D eigenvalue weighted by Gasteiger charge is 2.14. The van der Waals surface area contributed by atoms with Crippen molar-refractivity contribution in [3.63, 3.8) is 0 Å². The molecule has 2 aromatic heterocycles. The van der Waals surface area contributed by atoms with Gasteiger partial charge in [-0.1, -0.05) is 36.4 Å². The molecule has 0 saturated carbocycles. The van der Waals surface area contributed by atoms with Gasteiger partial charge in [-0.3, -0.25) is 0 Å². The standard InChI is InChI=1S/C23H23N3O/c1-17(22-16-25-26(18(22)2)21-10-4-3-5-11-21)24-15-19-8-6-9-20(14-19)23-12-7-13-27-23/h3-14,16-17,24H,15H2,1-2H3/t17-/m0/s1. The second-order valence-corrected chi connectivity index (χ2v) is 6.71. The van der Waals surface area contributed by atoms with Crippen LogP contribution in [-0.4, -0.2) is 9.78 Å². The second kappa shape index (κ2) is 7.64. The predicted molar refractivity (Wildman–Crippen MR) is 108 cm³/mol. The highest BCUT2D eigenvalue weighted by Crippen LogP contribution is 2.23. The Kier molecular flexibility index (Phi) is 4.90. The Balaban J connectivity index is 1.47. The molecule has 4 rings (SSSR count).